The van der Waals surface area contributed by atoms with Crippen LogP contribution in [0.4, 0.5) is 0 Å². The highest BCUT2D eigenvalue weighted by molar-refractivity contribution is 7.99. The van der Waals surface area contributed by atoms with Crippen molar-refractivity contribution in [3.05, 3.63) is 28.0 Å². The number of imidazole rings is 1. The fourth-order valence-corrected chi connectivity index (χ4v) is 3.51. The molecule has 0 aliphatic heterocycles. The third kappa shape index (κ3) is 4.07. The number of carboxylic acid groups (broad SMARTS) is 1. The Bertz CT molecular complexity index is 620. The average Bonchev–Trinajstić information content (AvgIpc) is 3.03. The molecule has 2 aromatic heterocycles. The number of hydrogen-bond donors (Lipinski definition) is 1. The van der Waals surface area contributed by atoms with E-state index in [4.69, 9.17) is 5.11 Å². The summed E-state index contributed by atoms with van der Waals surface area (Å²) in [6, 6.07) is 0. The van der Waals surface area contributed by atoms with Gasteiger partial charge in [-0.1, -0.05) is 32.5 Å². The molecule has 2 heterocycles. The van der Waals surface area contributed by atoms with Crippen molar-refractivity contribution in [1.29, 1.82) is 0 Å². The fourth-order valence-electron chi connectivity index (χ4n) is 1.95. The van der Waals surface area contributed by atoms with Gasteiger partial charge in [-0.25, -0.2) is 9.97 Å². The van der Waals surface area contributed by atoms with Gasteiger partial charge in [0.1, 0.15) is 5.01 Å². The maximum Gasteiger partial charge on any atom is 0.313 e. The molecule has 0 aliphatic carbocycles. The molecule has 2 aromatic rings. The molecule has 0 saturated carbocycles. The lowest BCUT2D eigenvalue weighted by Gasteiger charge is -2.12. The Morgan fingerprint density at radius 1 is 1.43 bits per heavy atom. The zero-order chi connectivity index (χ0) is 15.4. The lowest BCUT2D eigenvalue weighted by molar-refractivity contribution is -0.133. The number of carbonyl (C=O) groups is 1. The normalized spacial score (nSPS) is 11.2. The molecule has 0 saturated heterocycles. The van der Waals surface area contributed by atoms with Crippen LogP contribution in [0, 0.1) is 0 Å². The van der Waals surface area contributed by atoms with E-state index in [1.807, 2.05) is 12.4 Å². The Balaban J connectivity index is 2.25. The van der Waals surface area contributed by atoms with Crippen LogP contribution in [0.5, 0.6) is 0 Å². The second-order valence-corrected chi connectivity index (χ2v) is 7.11. The molecule has 1 N–H and O–H groups in total. The van der Waals surface area contributed by atoms with Crippen molar-refractivity contribution in [1.82, 2.24) is 14.5 Å². The van der Waals surface area contributed by atoms with Gasteiger partial charge in [-0.2, -0.15) is 0 Å². The number of thiazole rings is 1. The Hall–Kier alpha value is -1.34. The van der Waals surface area contributed by atoms with Gasteiger partial charge in [-0.3, -0.25) is 4.79 Å². The van der Waals surface area contributed by atoms with Crippen LogP contribution in [0.1, 0.15) is 42.3 Å². The van der Waals surface area contributed by atoms with Crippen molar-refractivity contribution < 1.29 is 9.90 Å². The first-order valence-electron chi connectivity index (χ1n) is 6.84. The van der Waals surface area contributed by atoms with Gasteiger partial charge < -0.3 is 9.67 Å². The monoisotopic (exact) mass is 325 g/mol. The van der Waals surface area contributed by atoms with E-state index in [0.29, 0.717) is 12.5 Å². The van der Waals surface area contributed by atoms with Crippen LogP contribution in [0.15, 0.2) is 17.6 Å². The first-order chi connectivity index (χ1) is 10.0. The number of hydrogen-bond acceptors (Lipinski definition) is 5. The molecular formula is C14H19N3O2S2. The van der Waals surface area contributed by atoms with Gasteiger partial charge in [0.05, 0.1) is 12.3 Å². The Morgan fingerprint density at radius 2 is 2.19 bits per heavy atom. The van der Waals surface area contributed by atoms with Gasteiger partial charge in [-0.05, 0) is 12.3 Å². The molecule has 114 valence electrons. The highest BCUT2D eigenvalue weighted by atomic mass is 32.2. The van der Waals surface area contributed by atoms with Crippen LogP contribution < -0.4 is 0 Å². The molecule has 0 fully saturated rings. The largest absolute Gasteiger partial charge is 0.481 e. The smallest absolute Gasteiger partial charge is 0.313 e. The van der Waals surface area contributed by atoms with E-state index < -0.39 is 5.97 Å². The molecule has 0 bridgehead atoms. The van der Waals surface area contributed by atoms with Crippen molar-refractivity contribution in [3.8, 4) is 0 Å². The number of carboxylic acids is 1. The number of aliphatic carboxylic acids is 1. The van der Waals surface area contributed by atoms with Crippen molar-refractivity contribution >= 4 is 29.1 Å². The van der Waals surface area contributed by atoms with Crippen molar-refractivity contribution in [2.75, 3.05) is 5.75 Å². The Labute approximate surface area is 132 Å². The zero-order valence-electron chi connectivity index (χ0n) is 12.4. The molecule has 0 aromatic carbocycles. The number of aryl methyl sites for hydroxylation is 1. The third-order valence-corrected chi connectivity index (χ3v) is 5.11. The first kappa shape index (κ1) is 16.0. The lowest BCUT2D eigenvalue weighted by Crippen LogP contribution is -2.08. The fraction of sp³-hybridized carbons (Fsp3) is 0.500. The Kier molecular flexibility index (Phi) is 5.41. The summed E-state index contributed by atoms with van der Waals surface area (Å²) in [5.41, 5.74) is 1.11. The predicted octanol–water partition coefficient (Wildman–Crippen LogP) is 3.25. The zero-order valence-corrected chi connectivity index (χ0v) is 14.0. The SMILES string of the molecule is CCc1cnc(Cn2c(C(C)C)cnc2SCC(=O)O)s1. The third-order valence-electron chi connectivity index (χ3n) is 3.01. The molecule has 0 amide bonds. The van der Waals surface area contributed by atoms with Crippen LogP contribution in [0.2, 0.25) is 0 Å². The summed E-state index contributed by atoms with van der Waals surface area (Å²) in [6.07, 6.45) is 4.73. The number of rotatable bonds is 7. The number of thioether (sulfide) groups is 1. The van der Waals surface area contributed by atoms with E-state index in [1.165, 1.54) is 16.6 Å². The topological polar surface area (TPSA) is 68.0 Å². The van der Waals surface area contributed by atoms with Gasteiger partial charge >= 0.3 is 5.97 Å². The average molecular weight is 325 g/mol. The molecule has 21 heavy (non-hydrogen) atoms. The van der Waals surface area contributed by atoms with Crippen molar-refractivity contribution in [3.63, 3.8) is 0 Å². The minimum atomic E-state index is -0.830. The van der Waals surface area contributed by atoms with E-state index in [2.05, 4.69) is 35.3 Å². The number of nitrogens with zero attached hydrogens (tertiary/aromatic N) is 3. The predicted molar refractivity (Wildman–Crippen MR) is 85.3 cm³/mol. The van der Waals surface area contributed by atoms with E-state index in [9.17, 15) is 4.79 Å². The van der Waals surface area contributed by atoms with Crippen LogP contribution in [0.25, 0.3) is 0 Å². The van der Waals surface area contributed by atoms with E-state index in [1.54, 1.807) is 11.3 Å². The summed E-state index contributed by atoms with van der Waals surface area (Å²) in [5, 5.41) is 10.6. The summed E-state index contributed by atoms with van der Waals surface area (Å²) in [6.45, 7) is 6.99. The van der Waals surface area contributed by atoms with Crippen LogP contribution in [-0.2, 0) is 17.8 Å². The second-order valence-electron chi connectivity index (χ2n) is 4.96. The molecule has 0 atom stereocenters. The minimum Gasteiger partial charge on any atom is -0.481 e. The highest BCUT2D eigenvalue weighted by Crippen LogP contribution is 2.25. The van der Waals surface area contributed by atoms with Gasteiger partial charge in [0.2, 0.25) is 0 Å². The second kappa shape index (κ2) is 7.09. The van der Waals surface area contributed by atoms with E-state index in [-0.39, 0.29) is 5.75 Å². The molecule has 0 aliphatic rings. The summed E-state index contributed by atoms with van der Waals surface area (Å²) in [7, 11) is 0. The molecule has 7 heteroatoms. The summed E-state index contributed by atoms with van der Waals surface area (Å²) in [5.74, 6) is -0.474. The molecule has 0 unspecified atom stereocenters. The maximum atomic E-state index is 10.8. The van der Waals surface area contributed by atoms with Gasteiger partial charge in [-0.15, -0.1) is 11.3 Å². The van der Waals surface area contributed by atoms with Gasteiger partial charge in [0.15, 0.2) is 5.16 Å². The van der Waals surface area contributed by atoms with Gasteiger partial charge in [0, 0.05) is 23.0 Å². The van der Waals surface area contributed by atoms with Crippen LogP contribution >= 0.6 is 23.1 Å². The number of aromatic nitrogens is 3. The summed E-state index contributed by atoms with van der Waals surface area (Å²) < 4.78 is 2.08. The van der Waals surface area contributed by atoms with Gasteiger partial charge in [0.25, 0.3) is 0 Å². The molecule has 0 spiro atoms. The Morgan fingerprint density at radius 3 is 2.76 bits per heavy atom. The van der Waals surface area contributed by atoms with Crippen molar-refractivity contribution in [2.45, 2.75) is 44.8 Å². The minimum absolute atomic E-state index is 0.0205. The highest BCUT2D eigenvalue weighted by Gasteiger charge is 2.16. The first-order valence-corrected chi connectivity index (χ1v) is 8.65. The molecule has 5 nitrogen and oxygen atoms in total. The standard InChI is InChI=1S/C14H19N3O2S2/c1-4-10-5-15-12(21-10)7-17-11(9(2)3)6-16-14(17)20-8-13(18)19/h5-6,9H,4,7-8H2,1-3H3,(H,18,19). The van der Waals surface area contributed by atoms with Crippen LogP contribution in [-0.4, -0.2) is 31.4 Å². The summed E-state index contributed by atoms with van der Waals surface area (Å²) >= 11 is 2.95. The summed E-state index contributed by atoms with van der Waals surface area (Å²) in [4.78, 5) is 20.8. The van der Waals surface area contributed by atoms with E-state index >= 15 is 0 Å². The van der Waals surface area contributed by atoms with Crippen molar-refractivity contribution in [2.24, 2.45) is 0 Å². The quantitative estimate of drug-likeness (QED) is 0.791. The molecular weight excluding hydrogens is 306 g/mol. The van der Waals surface area contributed by atoms with E-state index in [0.717, 1.165) is 22.3 Å². The molecule has 0 radical (unpaired) electrons. The van der Waals surface area contributed by atoms with Crippen LogP contribution in [0.3, 0.4) is 0 Å². The molecule has 2 rings (SSSR count). The maximum absolute atomic E-state index is 10.8. The lowest BCUT2D eigenvalue weighted by atomic mass is 10.1.